The second kappa shape index (κ2) is 12.4. The zero-order valence-electron chi connectivity index (χ0n) is 18.2. The van der Waals surface area contributed by atoms with Gasteiger partial charge in [0.15, 0.2) is 0 Å². The molecular weight excluding hydrogens is 362 g/mol. The highest BCUT2D eigenvalue weighted by atomic mass is 16.4. The van der Waals surface area contributed by atoms with Crippen molar-refractivity contribution in [3.05, 3.63) is 0 Å². The van der Waals surface area contributed by atoms with Crippen molar-refractivity contribution in [2.75, 3.05) is 0 Å². The van der Waals surface area contributed by atoms with E-state index in [9.17, 15) is 24.3 Å². The minimum Gasteiger partial charge on any atom is -0.480 e. The average molecular weight is 400 g/mol. The first-order valence-corrected chi connectivity index (χ1v) is 9.94. The summed E-state index contributed by atoms with van der Waals surface area (Å²) in [4.78, 5) is 48.3. The molecule has 0 radical (unpaired) electrons. The van der Waals surface area contributed by atoms with Crippen molar-refractivity contribution in [1.29, 1.82) is 0 Å². The molecular formula is C20H37N3O5. The number of amides is 3. The summed E-state index contributed by atoms with van der Waals surface area (Å²) in [6.45, 7) is 12.8. The number of nitrogens with one attached hydrogen (secondary N) is 3. The van der Waals surface area contributed by atoms with Crippen molar-refractivity contribution in [3.8, 4) is 0 Å². The van der Waals surface area contributed by atoms with Crippen molar-refractivity contribution >= 4 is 23.7 Å². The van der Waals surface area contributed by atoms with E-state index in [2.05, 4.69) is 16.0 Å². The lowest BCUT2D eigenvalue weighted by Crippen LogP contribution is -2.56. The Balaban J connectivity index is 5.31. The van der Waals surface area contributed by atoms with Gasteiger partial charge in [-0.15, -0.1) is 0 Å². The number of hydrogen-bond acceptors (Lipinski definition) is 4. The van der Waals surface area contributed by atoms with E-state index in [4.69, 9.17) is 0 Å². The first kappa shape index (κ1) is 25.9. The lowest BCUT2D eigenvalue weighted by Gasteiger charge is -2.26. The molecule has 0 heterocycles. The molecule has 162 valence electrons. The molecule has 0 rings (SSSR count). The van der Waals surface area contributed by atoms with Crippen LogP contribution >= 0.6 is 0 Å². The Morgan fingerprint density at radius 2 is 0.964 bits per heavy atom. The minimum atomic E-state index is -1.10. The number of carboxylic acid groups (broad SMARTS) is 1. The summed E-state index contributed by atoms with van der Waals surface area (Å²) in [7, 11) is 0. The van der Waals surface area contributed by atoms with Gasteiger partial charge in [-0.1, -0.05) is 41.5 Å². The summed E-state index contributed by atoms with van der Waals surface area (Å²) >= 11 is 0. The summed E-state index contributed by atoms with van der Waals surface area (Å²) in [6.07, 6.45) is 1.10. The van der Waals surface area contributed by atoms with Crippen molar-refractivity contribution < 1.29 is 24.3 Å². The van der Waals surface area contributed by atoms with Crippen LogP contribution in [0.1, 0.15) is 67.7 Å². The largest absolute Gasteiger partial charge is 0.480 e. The van der Waals surface area contributed by atoms with Crippen LogP contribution in [0.4, 0.5) is 0 Å². The van der Waals surface area contributed by atoms with E-state index in [-0.39, 0.29) is 23.7 Å². The van der Waals surface area contributed by atoms with Crippen LogP contribution in [0.2, 0.25) is 0 Å². The molecule has 3 amide bonds. The van der Waals surface area contributed by atoms with E-state index in [1.807, 2.05) is 41.5 Å². The molecule has 0 spiro atoms. The standard InChI is InChI=1S/C20H37N3O5/c1-11(2)8-15(21-14(7)24)18(25)22-16(9-12(3)4)19(26)23-17(20(27)28)10-13(5)6/h11-13,15-17H,8-10H2,1-7H3,(H,21,24)(H,22,25)(H,23,26)(H,27,28)/t15-,16-,17-/m0/s1. The summed E-state index contributed by atoms with van der Waals surface area (Å²) in [5, 5.41) is 17.2. The van der Waals surface area contributed by atoms with Crippen LogP contribution in [-0.4, -0.2) is 46.9 Å². The van der Waals surface area contributed by atoms with E-state index >= 15 is 0 Å². The summed E-state index contributed by atoms with van der Waals surface area (Å²) in [5.74, 6) is -2.03. The smallest absolute Gasteiger partial charge is 0.326 e. The monoisotopic (exact) mass is 399 g/mol. The second-order valence-corrected chi connectivity index (χ2v) is 8.60. The zero-order valence-corrected chi connectivity index (χ0v) is 18.2. The third-order valence-corrected chi connectivity index (χ3v) is 4.06. The Bertz CT molecular complexity index is 546. The summed E-state index contributed by atoms with van der Waals surface area (Å²) in [6, 6.07) is -2.63. The summed E-state index contributed by atoms with van der Waals surface area (Å²) < 4.78 is 0. The van der Waals surface area contributed by atoms with Crippen molar-refractivity contribution in [2.45, 2.75) is 85.9 Å². The quantitative estimate of drug-likeness (QED) is 0.397. The van der Waals surface area contributed by atoms with Gasteiger partial charge in [0, 0.05) is 6.92 Å². The van der Waals surface area contributed by atoms with E-state index < -0.39 is 35.9 Å². The molecule has 8 nitrogen and oxygen atoms in total. The summed E-state index contributed by atoms with van der Waals surface area (Å²) in [5.41, 5.74) is 0. The number of carbonyl (C=O) groups is 4. The second-order valence-electron chi connectivity index (χ2n) is 8.60. The molecule has 3 atom stereocenters. The van der Waals surface area contributed by atoms with Gasteiger partial charge in [-0.3, -0.25) is 14.4 Å². The highest BCUT2D eigenvalue weighted by Gasteiger charge is 2.30. The van der Waals surface area contributed by atoms with Crippen LogP contribution in [0.15, 0.2) is 0 Å². The first-order chi connectivity index (χ1) is 12.8. The van der Waals surface area contributed by atoms with Crippen LogP contribution in [0.3, 0.4) is 0 Å². The SMILES string of the molecule is CC(=O)N[C@@H](CC(C)C)C(=O)N[C@@H](CC(C)C)C(=O)N[C@@H](CC(C)C)C(=O)O. The predicted molar refractivity (Wildman–Crippen MR) is 107 cm³/mol. The molecule has 0 aromatic carbocycles. The molecule has 28 heavy (non-hydrogen) atoms. The van der Waals surface area contributed by atoms with Gasteiger partial charge in [-0.05, 0) is 37.0 Å². The van der Waals surface area contributed by atoms with Gasteiger partial charge < -0.3 is 21.1 Å². The number of carbonyl (C=O) groups excluding carboxylic acids is 3. The minimum absolute atomic E-state index is 0.0923. The van der Waals surface area contributed by atoms with E-state index in [1.54, 1.807) is 0 Å². The van der Waals surface area contributed by atoms with E-state index in [0.29, 0.717) is 19.3 Å². The molecule has 0 saturated carbocycles. The highest BCUT2D eigenvalue weighted by molar-refractivity contribution is 5.93. The van der Waals surface area contributed by atoms with Crippen LogP contribution in [0.25, 0.3) is 0 Å². The van der Waals surface area contributed by atoms with Gasteiger partial charge >= 0.3 is 5.97 Å². The van der Waals surface area contributed by atoms with Gasteiger partial charge in [0.1, 0.15) is 18.1 Å². The highest BCUT2D eigenvalue weighted by Crippen LogP contribution is 2.10. The number of carboxylic acids is 1. The average Bonchev–Trinajstić information content (AvgIpc) is 2.50. The van der Waals surface area contributed by atoms with Gasteiger partial charge in [0.25, 0.3) is 0 Å². The lowest BCUT2D eigenvalue weighted by atomic mass is 9.99. The Morgan fingerprint density at radius 3 is 1.29 bits per heavy atom. The topological polar surface area (TPSA) is 125 Å². The molecule has 0 aliphatic rings. The van der Waals surface area contributed by atoms with Crippen molar-refractivity contribution in [3.63, 3.8) is 0 Å². The van der Waals surface area contributed by atoms with E-state index in [0.717, 1.165) is 0 Å². The predicted octanol–water partition coefficient (Wildman–Crippen LogP) is 1.68. The van der Waals surface area contributed by atoms with Gasteiger partial charge in [0.2, 0.25) is 17.7 Å². The molecule has 0 bridgehead atoms. The molecule has 0 aromatic rings. The maximum atomic E-state index is 12.7. The molecule has 0 aliphatic heterocycles. The Kier molecular flexibility index (Phi) is 11.4. The Hall–Kier alpha value is -2.12. The molecule has 0 fully saturated rings. The number of hydrogen-bond donors (Lipinski definition) is 4. The number of rotatable bonds is 12. The molecule has 0 unspecified atom stereocenters. The van der Waals surface area contributed by atoms with Crippen LogP contribution < -0.4 is 16.0 Å². The fraction of sp³-hybridized carbons (Fsp3) is 0.800. The Morgan fingerprint density at radius 1 is 0.643 bits per heavy atom. The van der Waals surface area contributed by atoms with Crippen LogP contribution in [0.5, 0.6) is 0 Å². The maximum absolute atomic E-state index is 12.7. The third-order valence-electron chi connectivity index (χ3n) is 4.06. The fourth-order valence-electron chi connectivity index (χ4n) is 2.89. The molecule has 0 aromatic heterocycles. The van der Waals surface area contributed by atoms with Crippen LogP contribution in [-0.2, 0) is 19.2 Å². The lowest BCUT2D eigenvalue weighted by molar-refractivity contribution is -0.143. The van der Waals surface area contributed by atoms with E-state index in [1.165, 1.54) is 6.92 Å². The normalized spacial score (nSPS) is 14.5. The maximum Gasteiger partial charge on any atom is 0.326 e. The van der Waals surface area contributed by atoms with Crippen molar-refractivity contribution in [1.82, 2.24) is 16.0 Å². The van der Waals surface area contributed by atoms with Gasteiger partial charge in [0.05, 0.1) is 0 Å². The Labute approximate surface area is 168 Å². The van der Waals surface area contributed by atoms with Crippen molar-refractivity contribution in [2.24, 2.45) is 17.8 Å². The first-order valence-electron chi connectivity index (χ1n) is 9.94. The van der Waals surface area contributed by atoms with Gasteiger partial charge in [-0.25, -0.2) is 4.79 Å². The fourth-order valence-corrected chi connectivity index (χ4v) is 2.89. The molecule has 0 saturated heterocycles. The molecule has 0 aliphatic carbocycles. The molecule has 4 N–H and O–H groups in total. The zero-order chi connectivity index (χ0) is 22.0. The molecule has 8 heteroatoms. The number of aliphatic carboxylic acids is 1. The van der Waals surface area contributed by atoms with Crippen LogP contribution in [0, 0.1) is 17.8 Å². The third kappa shape index (κ3) is 10.9. The van der Waals surface area contributed by atoms with Gasteiger partial charge in [-0.2, -0.15) is 0 Å².